The highest BCUT2D eigenvalue weighted by Gasteiger charge is 2.14. The zero-order valence-electron chi connectivity index (χ0n) is 11.7. The molecule has 0 spiro atoms. The van der Waals surface area contributed by atoms with E-state index in [1.807, 2.05) is 60.8 Å². The lowest BCUT2D eigenvalue weighted by atomic mass is 10.1. The zero-order chi connectivity index (χ0) is 14.7. The molecule has 0 aliphatic carbocycles. The molecule has 2 aromatic carbocycles. The number of hydrogen-bond acceptors (Lipinski definition) is 2. The van der Waals surface area contributed by atoms with Crippen molar-refractivity contribution in [1.29, 1.82) is 0 Å². The average molecular weight is 298 g/mol. The second-order valence-corrected chi connectivity index (χ2v) is 5.25. The molecular weight excluding hydrogens is 282 g/mol. The Morgan fingerprint density at radius 1 is 1.05 bits per heavy atom. The molecule has 3 nitrogen and oxygen atoms in total. The van der Waals surface area contributed by atoms with Gasteiger partial charge in [-0.15, -0.1) is 0 Å². The van der Waals surface area contributed by atoms with Crippen LogP contribution in [0.1, 0.15) is 18.5 Å². The summed E-state index contributed by atoms with van der Waals surface area (Å²) in [4.78, 5) is 4.40. The number of nitrogens with one attached hydrogen (secondary N) is 1. The first-order valence-corrected chi connectivity index (χ1v) is 7.23. The molecule has 4 heteroatoms. The highest BCUT2D eigenvalue weighted by Crippen LogP contribution is 2.28. The van der Waals surface area contributed by atoms with E-state index in [9.17, 15) is 0 Å². The molecule has 0 radical (unpaired) electrons. The number of hydrogen-bond donors (Lipinski definition) is 1. The topological polar surface area (TPSA) is 29.9 Å². The van der Waals surface area contributed by atoms with Crippen LogP contribution in [0.25, 0.3) is 0 Å². The summed E-state index contributed by atoms with van der Waals surface area (Å²) in [6, 6.07) is 18.0. The standard InChI is InChI=1S/C17H16ClN3/c1-13(15-9-5-6-10-16(15)18)21-12-11-19-17(21)20-14-7-3-2-4-8-14/h2-13H,1H3,(H,19,20). The van der Waals surface area contributed by atoms with Gasteiger partial charge < -0.3 is 9.88 Å². The molecular formula is C17H16ClN3. The van der Waals surface area contributed by atoms with Crippen LogP contribution < -0.4 is 5.32 Å². The number of aromatic nitrogens is 2. The predicted molar refractivity (Wildman–Crippen MR) is 87.2 cm³/mol. The van der Waals surface area contributed by atoms with E-state index < -0.39 is 0 Å². The molecule has 1 heterocycles. The monoisotopic (exact) mass is 297 g/mol. The van der Waals surface area contributed by atoms with E-state index in [-0.39, 0.29) is 6.04 Å². The van der Waals surface area contributed by atoms with Crippen LogP contribution >= 0.6 is 11.6 Å². The van der Waals surface area contributed by atoms with Gasteiger partial charge in [-0.1, -0.05) is 48.0 Å². The maximum atomic E-state index is 6.29. The van der Waals surface area contributed by atoms with E-state index in [0.717, 1.165) is 22.2 Å². The molecule has 0 bridgehead atoms. The first kappa shape index (κ1) is 13.7. The van der Waals surface area contributed by atoms with Crippen LogP contribution in [0.3, 0.4) is 0 Å². The van der Waals surface area contributed by atoms with Gasteiger partial charge >= 0.3 is 0 Å². The van der Waals surface area contributed by atoms with E-state index >= 15 is 0 Å². The van der Waals surface area contributed by atoms with Crippen molar-refractivity contribution in [3.63, 3.8) is 0 Å². The molecule has 0 fully saturated rings. The molecule has 0 saturated carbocycles. The second-order valence-electron chi connectivity index (χ2n) is 4.85. The third kappa shape index (κ3) is 2.93. The Bertz CT molecular complexity index is 722. The number of benzene rings is 2. The summed E-state index contributed by atoms with van der Waals surface area (Å²) in [5.41, 5.74) is 2.09. The number of nitrogens with zero attached hydrogens (tertiary/aromatic N) is 2. The molecule has 1 unspecified atom stereocenters. The van der Waals surface area contributed by atoms with Crippen molar-refractivity contribution in [2.24, 2.45) is 0 Å². The Hall–Kier alpha value is -2.26. The maximum absolute atomic E-state index is 6.29. The Kier molecular flexibility index (Phi) is 3.93. The lowest BCUT2D eigenvalue weighted by Gasteiger charge is -2.18. The van der Waals surface area contributed by atoms with Crippen molar-refractivity contribution in [3.8, 4) is 0 Å². The SMILES string of the molecule is CC(c1ccccc1Cl)n1ccnc1Nc1ccccc1. The summed E-state index contributed by atoms with van der Waals surface area (Å²) in [5.74, 6) is 0.800. The fourth-order valence-corrected chi connectivity index (χ4v) is 2.63. The van der Waals surface area contributed by atoms with Gasteiger partial charge in [0.15, 0.2) is 0 Å². The average Bonchev–Trinajstić information content (AvgIpc) is 2.96. The number of halogens is 1. The normalized spacial score (nSPS) is 12.1. The van der Waals surface area contributed by atoms with Gasteiger partial charge in [0.1, 0.15) is 0 Å². The summed E-state index contributed by atoms with van der Waals surface area (Å²) < 4.78 is 2.08. The smallest absolute Gasteiger partial charge is 0.207 e. The summed E-state index contributed by atoms with van der Waals surface area (Å²) in [6.45, 7) is 2.11. The van der Waals surface area contributed by atoms with Crippen LogP contribution in [-0.2, 0) is 0 Å². The summed E-state index contributed by atoms with van der Waals surface area (Å²) >= 11 is 6.29. The number of para-hydroxylation sites is 1. The lowest BCUT2D eigenvalue weighted by Crippen LogP contribution is -2.09. The van der Waals surface area contributed by atoms with E-state index in [4.69, 9.17) is 11.6 Å². The van der Waals surface area contributed by atoms with Crippen LogP contribution in [0.4, 0.5) is 11.6 Å². The molecule has 0 aliphatic rings. The first-order valence-electron chi connectivity index (χ1n) is 6.85. The Morgan fingerprint density at radius 3 is 2.52 bits per heavy atom. The summed E-state index contributed by atoms with van der Waals surface area (Å²) in [7, 11) is 0. The minimum atomic E-state index is 0.104. The van der Waals surface area contributed by atoms with Crippen LogP contribution in [-0.4, -0.2) is 9.55 Å². The van der Waals surface area contributed by atoms with Gasteiger partial charge in [0.2, 0.25) is 5.95 Å². The first-order chi connectivity index (χ1) is 10.3. The van der Waals surface area contributed by atoms with E-state index in [2.05, 4.69) is 21.8 Å². The van der Waals surface area contributed by atoms with Crippen LogP contribution in [0.2, 0.25) is 5.02 Å². The minimum absolute atomic E-state index is 0.104. The lowest BCUT2D eigenvalue weighted by molar-refractivity contribution is 0.647. The quantitative estimate of drug-likeness (QED) is 0.743. The molecule has 3 aromatic rings. The van der Waals surface area contributed by atoms with Gasteiger partial charge in [-0.25, -0.2) is 4.98 Å². The summed E-state index contributed by atoms with van der Waals surface area (Å²) in [5, 5.41) is 4.10. The molecule has 1 aromatic heterocycles. The van der Waals surface area contributed by atoms with Crippen LogP contribution in [0.5, 0.6) is 0 Å². The Balaban J connectivity index is 1.90. The van der Waals surface area contributed by atoms with E-state index in [1.165, 1.54) is 0 Å². The van der Waals surface area contributed by atoms with Crippen molar-refractivity contribution >= 4 is 23.2 Å². The van der Waals surface area contributed by atoms with Crippen LogP contribution in [0, 0.1) is 0 Å². The van der Waals surface area contributed by atoms with Crippen molar-refractivity contribution in [2.75, 3.05) is 5.32 Å². The van der Waals surface area contributed by atoms with Crippen molar-refractivity contribution in [2.45, 2.75) is 13.0 Å². The predicted octanol–water partition coefficient (Wildman–Crippen LogP) is 4.89. The Labute approximate surface area is 129 Å². The molecule has 1 atom stereocenters. The molecule has 106 valence electrons. The van der Waals surface area contributed by atoms with E-state index in [0.29, 0.717) is 0 Å². The fourth-order valence-electron chi connectivity index (χ4n) is 2.34. The Morgan fingerprint density at radius 2 is 1.76 bits per heavy atom. The van der Waals surface area contributed by atoms with Gasteiger partial charge in [0.05, 0.1) is 6.04 Å². The third-order valence-electron chi connectivity index (χ3n) is 3.47. The molecule has 21 heavy (non-hydrogen) atoms. The number of anilines is 2. The maximum Gasteiger partial charge on any atom is 0.207 e. The second kappa shape index (κ2) is 6.02. The molecule has 3 rings (SSSR count). The van der Waals surface area contributed by atoms with Crippen molar-refractivity contribution in [3.05, 3.63) is 77.6 Å². The fraction of sp³-hybridized carbons (Fsp3) is 0.118. The van der Waals surface area contributed by atoms with Crippen LogP contribution in [0.15, 0.2) is 67.0 Å². The largest absolute Gasteiger partial charge is 0.326 e. The third-order valence-corrected chi connectivity index (χ3v) is 3.82. The van der Waals surface area contributed by atoms with Gasteiger partial charge in [0, 0.05) is 23.1 Å². The van der Waals surface area contributed by atoms with Gasteiger partial charge in [-0.05, 0) is 30.7 Å². The molecule has 1 N–H and O–H groups in total. The van der Waals surface area contributed by atoms with Crippen molar-refractivity contribution in [1.82, 2.24) is 9.55 Å². The van der Waals surface area contributed by atoms with Gasteiger partial charge in [-0.2, -0.15) is 0 Å². The van der Waals surface area contributed by atoms with Crippen molar-refractivity contribution < 1.29 is 0 Å². The van der Waals surface area contributed by atoms with Gasteiger partial charge in [0.25, 0.3) is 0 Å². The van der Waals surface area contributed by atoms with Gasteiger partial charge in [-0.3, -0.25) is 0 Å². The minimum Gasteiger partial charge on any atom is -0.326 e. The molecule has 0 amide bonds. The highest BCUT2D eigenvalue weighted by molar-refractivity contribution is 6.31. The summed E-state index contributed by atoms with van der Waals surface area (Å²) in [6.07, 6.45) is 3.75. The molecule has 0 saturated heterocycles. The zero-order valence-corrected chi connectivity index (χ0v) is 12.5. The van der Waals surface area contributed by atoms with E-state index in [1.54, 1.807) is 6.20 Å². The highest BCUT2D eigenvalue weighted by atomic mass is 35.5. The number of rotatable bonds is 4. The molecule has 0 aliphatic heterocycles. The number of imidazole rings is 1.